The van der Waals surface area contributed by atoms with Crippen LogP contribution in [0, 0.1) is 0 Å². The number of hydrogen-bond acceptors (Lipinski definition) is 5. The number of aromatic nitrogens is 1. The molecule has 0 atom stereocenters. The average molecular weight is 417 g/mol. The van der Waals surface area contributed by atoms with Gasteiger partial charge in [0.2, 0.25) is 5.91 Å². The lowest BCUT2D eigenvalue weighted by atomic mass is 10.2. The maximum Gasteiger partial charge on any atom is 0.250 e. The summed E-state index contributed by atoms with van der Waals surface area (Å²) < 4.78 is 12.3. The molecular weight excluding hydrogens is 396 g/mol. The fraction of sp³-hybridized carbons (Fsp3) is 0.0833. The Morgan fingerprint density at radius 2 is 1.83 bits per heavy atom. The van der Waals surface area contributed by atoms with Crippen molar-refractivity contribution in [3.8, 4) is 11.5 Å². The molecular formula is C24H20N2O3S. The summed E-state index contributed by atoms with van der Waals surface area (Å²) in [6.45, 7) is 0.455. The summed E-state index contributed by atoms with van der Waals surface area (Å²) >= 11 is 1.45. The van der Waals surface area contributed by atoms with Crippen LogP contribution in [-0.2, 0) is 11.4 Å². The number of carbonyl (C=O) groups excluding carboxylic acids is 1. The molecule has 6 heteroatoms. The number of rotatable bonds is 7. The normalized spacial score (nSPS) is 11.0. The van der Waals surface area contributed by atoms with E-state index in [0.29, 0.717) is 23.2 Å². The number of ether oxygens (including phenoxy) is 2. The second-order valence-corrected chi connectivity index (χ2v) is 7.52. The van der Waals surface area contributed by atoms with Gasteiger partial charge >= 0.3 is 0 Å². The van der Waals surface area contributed by atoms with Gasteiger partial charge in [-0.05, 0) is 41.5 Å². The van der Waals surface area contributed by atoms with Crippen molar-refractivity contribution in [2.75, 3.05) is 12.4 Å². The van der Waals surface area contributed by atoms with E-state index in [1.165, 1.54) is 17.4 Å². The molecule has 0 saturated heterocycles. The van der Waals surface area contributed by atoms with Crippen LogP contribution in [0.2, 0.25) is 0 Å². The third-order valence-corrected chi connectivity index (χ3v) is 5.33. The van der Waals surface area contributed by atoms with Gasteiger partial charge in [0.1, 0.15) is 6.61 Å². The average Bonchev–Trinajstić information content (AvgIpc) is 3.19. The Kier molecular flexibility index (Phi) is 6.06. The van der Waals surface area contributed by atoms with Crippen LogP contribution in [0.1, 0.15) is 11.1 Å². The Hall–Kier alpha value is -3.64. The predicted molar refractivity (Wildman–Crippen MR) is 121 cm³/mol. The number of nitrogens with one attached hydrogen (secondary N) is 1. The molecule has 1 N–H and O–H groups in total. The summed E-state index contributed by atoms with van der Waals surface area (Å²) in [5.41, 5.74) is 2.78. The van der Waals surface area contributed by atoms with Gasteiger partial charge < -0.3 is 9.47 Å². The fourth-order valence-electron chi connectivity index (χ4n) is 2.89. The summed E-state index contributed by atoms with van der Waals surface area (Å²) in [6, 6.07) is 23.3. The number of anilines is 1. The fourth-order valence-corrected chi connectivity index (χ4v) is 3.76. The lowest BCUT2D eigenvalue weighted by Crippen LogP contribution is -2.07. The highest BCUT2D eigenvalue weighted by atomic mass is 32.1. The molecule has 4 rings (SSSR count). The molecule has 0 aliphatic rings. The van der Waals surface area contributed by atoms with Crippen molar-refractivity contribution in [2.24, 2.45) is 0 Å². The van der Waals surface area contributed by atoms with E-state index < -0.39 is 0 Å². The monoisotopic (exact) mass is 416 g/mol. The number of hydrogen-bond donors (Lipinski definition) is 1. The van der Waals surface area contributed by atoms with Crippen molar-refractivity contribution in [1.29, 1.82) is 0 Å². The summed E-state index contributed by atoms with van der Waals surface area (Å²) in [5.74, 6) is 1.02. The van der Waals surface area contributed by atoms with Crippen LogP contribution in [0.15, 0.2) is 78.9 Å². The number of carbonyl (C=O) groups is 1. The van der Waals surface area contributed by atoms with Crippen LogP contribution in [0.4, 0.5) is 5.13 Å². The van der Waals surface area contributed by atoms with E-state index >= 15 is 0 Å². The molecule has 0 fully saturated rings. The Labute approximate surface area is 178 Å². The van der Waals surface area contributed by atoms with Gasteiger partial charge in [0, 0.05) is 6.08 Å². The Balaban J connectivity index is 1.40. The Morgan fingerprint density at radius 3 is 2.63 bits per heavy atom. The quantitative estimate of drug-likeness (QED) is 0.402. The molecule has 0 bridgehead atoms. The second-order valence-electron chi connectivity index (χ2n) is 6.49. The Bertz CT molecular complexity index is 1150. The molecule has 0 unspecified atom stereocenters. The van der Waals surface area contributed by atoms with E-state index in [1.807, 2.05) is 72.8 Å². The summed E-state index contributed by atoms with van der Waals surface area (Å²) in [4.78, 5) is 16.7. The molecule has 5 nitrogen and oxygen atoms in total. The van der Waals surface area contributed by atoms with Gasteiger partial charge in [-0.2, -0.15) is 0 Å². The molecule has 150 valence electrons. The second kappa shape index (κ2) is 9.24. The number of nitrogens with zero attached hydrogens (tertiary/aromatic N) is 1. The van der Waals surface area contributed by atoms with E-state index in [-0.39, 0.29) is 5.91 Å². The predicted octanol–water partition coefficient (Wildman–Crippen LogP) is 5.54. The van der Waals surface area contributed by atoms with Gasteiger partial charge in [-0.15, -0.1) is 0 Å². The maximum atomic E-state index is 12.3. The molecule has 0 aliphatic heterocycles. The molecule has 1 heterocycles. The van der Waals surface area contributed by atoms with Gasteiger partial charge in [-0.25, -0.2) is 4.98 Å². The summed E-state index contributed by atoms with van der Waals surface area (Å²) in [7, 11) is 1.60. The highest BCUT2D eigenvalue weighted by molar-refractivity contribution is 7.22. The van der Waals surface area contributed by atoms with Gasteiger partial charge in [-0.3, -0.25) is 10.1 Å². The minimum atomic E-state index is -0.238. The van der Waals surface area contributed by atoms with Crippen molar-refractivity contribution in [2.45, 2.75) is 6.61 Å². The molecule has 3 aromatic carbocycles. The highest BCUT2D eigenvalue weighted by Gasteiger charge is 2.07. The molecule has 30 heavy (non-hydrogen) atoms. The van der Waals surface area contributed by atoms with E-state index in [1.54, 1.807) is 13.2 Å². The Morgan fingerprint density at radius 1 is 1.03 bits per heavy atom. The first-order chi connectivity index (χ1) is 14.7. The van der Waals surface area contributed by atoms with Gasteiger partial charge in [-0.1, -0.05) is 59.9 Å². The maximum absolute atomic E-state index is 12.3. The largest absolute Gasteiger partial charge is 0.493 e. The zero-order chi connectivity index (χ0) is 20.8. The van der Waals surface area contributed by atoms with Gasteiger partial charge in [0.05, 0.1) is 17.3 Å². The van der Waals surface area contributed by atoms with Crippen LogP contribution < -0.4 is 14.8 Å². The van der Waals surface area contributed by atoms with Crippen LogP contribution in [-0.4, -0.2) is 18.0 Å². The third-order valence-electron chi connectivity index (χ3n) is 4.38. The van der Waals surface area contributed by atoms with Crippen molar-refractivity contribution < 1.29 is 14.3 Å². The number of para-hydroxylation sites is 1. The first-order valence-electron chi connectivity index (χ1n) is 9.41. The summed E-state index contributed by atoms with van der Waals surface area (Å²) in [5, 5.41) is 3.38. The van der Waals surface area contributed by atoms with Crippen molar-refractivity contribution in [1.82, 2.24) is 4.98 Å². The molecule has 0 radical (unpaired) electrons. The zero-order valence-electron chi connectivity index (χ0n) is 16.4. The minimum absolute atomic E-state index is 0.238. The van der Waals surface area contributed by atoms with E-state index in [4.69, 9.17) is 9.47 Å². The molecule has 0 aliphatic carbocycles. The lowest BCUT2D eigenvalue weighted by molar-refractivity contribution is -0.111. The van der Waals surface area contributed by atoms with E-state index in [0.717, 1.165) is 21.3 Å². The molecule has 4 aromatic rings. The van der Waals surface area contributed by atoms with Crippen molar-refractivity contribution in [3.05, 3.63) is 90.0 Å². The number of fused-ring (bicyclic) bond motifs is 1. The minimum Gasteiger partial charge on any atom is -0.493 e. The topological polar surface area (TPSA) is 60.5 Å². The van der Waals surface area contributed by atoms with E-state index in [9.17, 15) is 4.79 Å². The van der Waals surface area contributed by atoms with Crippen LogP contribution in [0.25, 0.3) is 16.3 Å². The number of thiazole rings is 1. The van der Waals surface area contributed by atoms with Crippen LogP contribution in [0.5, 0.6) is 11.5 Å². The molecule has 0 spiro atoms. The summed E-state index contributed by atoms with van der Waals surface area (Å²) in [6.07, 6.45) is 3.21. The number of amides is 1. The smallest absolute Gasteiger partial charge is 0.250 e. The van der Waals surface area contributed by atoms with Crippen molar-refractivity contribution in [3.63, 3.8) is 0 Å². The van der Waals surface area contributed by atoms with Crippen LogP contribution >= 0.6 is 11.3 Å². The van der Waals surface area contributed by atoms with Gasteiger partial charge in [0.25, 0.3) is 0 Å². The molecule has 0 saturated carbocycles. The molecule has 1 amide bonds. The first-order valence-corrected chi connectivity index (χ1v) is 10.2. The van der Waals surface area contributed by atoms with E-state index in [2.05, 4.69) is 10.3 Å². The van der Waals surface area contributed by atoms with Gasteiger partial charge in [0.15, 0.2) is 16.6 Å². The standard InChI is InChI=1S/C24H20N2O3S/c1-28-21-15-17(11-13-20(21)29-16-18-7-3-2-4-8-18)12-14-23(27)26-24-25-19-9-5-6-10-22(19)30-24/h2-15H,16H2,1H3,(H,25,26,27). The first kappa shape index (κ1) is 19.7. The number of benzene rings is 3. The third kappa shape index (κ3) is 4.85. The van der Waals surface area contributed by atoms with Crippen molar-refractivity contribution >= 4 is 38.7 Å². The van der Waals surface area contributed by atoms with Crippen LogP contribution in [0.3, 0.4) is 0 Å². The lowest BCUT2D eigenvalue weighted by Gasteiger charge is -2.11. The SMILES string of the molecule is COc1cc(C=CC(=O)Nc2nc3ccccc3s2)ccc1OCc1ccccc1. The zero-order valence-corrected chi connectivity index (χ0v) is 17.2. The highest BCUT2D eigenvalue weighted by Crippen LogP contribution is 2.29. The molecule has 1 aromatic heterocycles. The number of methoxy groups -OCH3 is 1.